The van der Waals surface area contributed by atoms with E-state index in [2.05, 4.69) is 25.4 Å². The van der Waals surface area contributed by atoms with Gasteiger partial charge in [-0.15, -0.1) is 11.3 Å². The van der Waals surface area contributed by atoms with E-state index in [-0.39, 0.29) is 0 Å². The van der Waals surface area contributed by atoms with Crippen molar-refractivity contribution in [1.82, 2.24) is 5.32 Å². The Balaban J connectivity index is 1.79. The smallest absolute Gasteiger partial charge is 0.0960 e. The Morgan fingerprint density at radius 3 is 2.56 bits per heavy atom. The summed E-state index contributed by atoms with van der Waals surface area (Å²) in [6.07, 6.45) is 4.34. The van der Waals surface area contributed by atoms with Crippen LogP contribution in [0.5, 0.6) is 0 Å². The monoisotopic (exact) mass is 255 g/mol. The quantitative estimate of drug-likeness (QED) is 0.860. The lowest BCUT2D eigenvalue weighted by atomic mass is 9.93. The molecule has 3 heteroatoms. The highest BCUT2D eigenvalue weighted by Gasteiger charge is 2.48. The van der Waals surface area contributed by atoms with Crippen LogP contribution in [-0.2, 0) is 0 Å². The maximum absolute atomic E-state index is 6.17. The fourth-order valence-corrected chi connectivity index (χ4v) is 4.70. The van der Waals surface area contributed by atoms with E-state index in [9.17, 15) is 0 Å². The Bertz CT molecular complexity index is 371. The summed E-state index contributed by atoms with van der Waals surface area (Å²) >= 11 is 7.92. The molecule has 0 spiro atoms. The summed E-state index contributed by atoms with van der Waals surface area (Å²) in [5.41, 5.74) is 1.23. The summed E-state index contributed by atoms with van der Waals surface area (Å²) < 4.78 is 0.957. The number of halogens is 1. The highest BCUT2D eigenvalue weighted by molar-refractivity contribution is 7.16. The molecule has 2 fully saturated rings. The van der Waals surface area contributed by atoms with Gasteiger partial charge < -0.3 is 5.32 Å². The molecule has 1 aromatic rings. The van der Waals surface area contributed by atoms with Gasteiger partial charge in [-0.2, -0.15) is 0 Å². The van der Waals surface area contributed by atoms with Crippen LogP contribution in [0.25, 0.3) is 0 Å². The topological polar surface area (TPSA) is 12.0 Å². The van der Waals surface area contributed by atoms with Crippen molar-refractivity contribution in [3.63, 3.8) is 0 Å². The lowest BCUT2D eigenvalue weighted by molar-refractivity contribution is 0.364. The predicted molar refractivity (Wildman–Crippen MR) is 70.2 cm³/mol. The molecule has 3 unspecified atom stereocenters. The summed E-state index contributed by atoms with van der Waals surface area (Å²) in [6.45, 7) is 2.10. The van der Waals surface area contributed by atoms with Crippen LogP contribution in [0.2, 0.25) is 4.34 Å². The minimum absolute atomic E-state index is 0.531. The van der Waals surface area contributed by atoms with Crippen molar-refractivity contribution >= 4 is 22.9 Å². The van der Waals surface area contributed by atoms with Crippen LogP contribution in [0.15, 0.2) is 6.07 Å². The van der Waals surface area contributed by atoms with E-state index in [4.69, 9.17) is 11.6 Å². The lowest BCUT2D eigenvalue weighted by Gasteiger charge is -2.23. The van der Waals surface area contributed by atoms with Crippen molar-refractivity contribution in [2.75, 3.05) is 7.05 Å². The minimum atomic E-state index is 0.531. The molecule has 1 heterocycles. The zero-order chi connectivity index (χ0) is 11.3. The Hall–Kier alpha value is -0.0500. The van der Waals surface area contributed by atoms with E-state index in [0.717, 1.165) is 22.1 Å². The lowest BCUT2D eigenvalue weighted by Crippen LogP contribution is -2.23. The van der Waals surface area contributed by atoms with Crippen LogP contribution in [0.1, 0.15) is 35.7 Å². The summed E-state index contributed by atoms with van der Waals surface area (Å²) in [7, 11) is 2.08. The van der Waals surface area contributed by atoms with Crippen molar-refractivity contribution in [1.29, 1.82) is 0 Å². The molecule has 88 valence electrons. The molecule has 0 saturated heterocycles. The number of aryl methyl sites for hydroxylation is 1. The second kappa shape index (κ2) is 4.01. The van der Waals surface area contributed by atoms with Gasteiger partial charge in [0.05, 0.1) is 4.34 Å². The van der Waals surface area contributed by atoms with E-state index in [1.807, 2.05) is 0 Å². The van der Waals surface area contributed by atoms with Gasteiger partial charge in [-0.05, 0) is 62.6 Å². The van der Waals surface area contributed by atoms with Crippen molar-refractivity contribution < 1.29 is 0 Å². The maximum Gasteiger partial charge on any atom is 0.0960 e. The summed E-state index contributed by atoms with van der Waals surface area (Å²) in [4.78, 5) is 1.43. The number of hydrogen-bond donors (Lipinski definition) is 1. The molecule has 2 aliphatic carbocycles. The predicted octanol–water partition coefficient (Wildman–Crippen LogP) is 4.02. The van der Waals surface area contributed by atoms with Gasteiger partial charge >= 0.3 is 0 Å². The van der Waals surface area contributed by atoms with Crippen LogP contribution in [0, 0.1) is 24.7 Å². The van der Waals surface area contributed by atoms with Crippen molar-refractivity contribution in [2.24, 2.45) is 17.8 Å². The largest absolute Gasteiger partial charge is 0.312 e. The summed E-state index contributed by atoms with van der Waals surface area (Å²) in [5.74, 6) is 2.94. The number of nitrogens with one attached hydrogen (secondary N) is 1. The van der Waals surface area contributed by atoms with Crippen molar-refractivity contribution in [2.45, 2.75) is 32.2 Å². The van der Waals surface area contributed by atoms with Crippen LogP contribution < -0.4 is 5.32 Å². The molecular weight excluding hydrogens is 238 g/mol. The molecular formula is C13H18ClNS. The molecule has 0 aromatic carbocycles. The first-order chi connectivity index (χ1) is 7.69. The van der Waals surface area contributed by atoms with Gasteiger partial charge in [-0.3, -0.25) is 0 Å². The standard InChI is InChI=1S/C13H18ClNS/c1-7-3-11(16-13(7)14)12(15-2)10-5-8-4-9(8)6-10/h3,8-10,12,15H,4-6H2,1-2H3. The normalized spacial score (nSPS) is 33.8. The van der Waals surface area contributed by atoms with Gasteiger partial charge in [0.15, 0.2) is 0 Å². The summed E-state index contributed by atoms with van der Waals surface area (Å²) in [5, 5.41) is 3.49. The SMILES string of the molecule is CNC(c1cc(C)c(Cl)s1)C1CC2CC2C1. The van der Waals surface area contributed by atoms with Crippen LogP contribution >= 0.6 is 22.9 Å². The fourth-order valence-electron chi connectivity index (χ4n) is 3.28. The Morgan fingerprint density at radius 1 is 1.38 bits per heavy atom. The second-order valence-corrected chi connectivity index (χ2v) is 7.05. The van der Waals surface area contributed by atoms with Crippen LogP contribution in [0.4, 0.5) is 0 Å². The molecule has 0 radical (unpaired) electrons. The molecule has 3 atom stereocenters. The van der Waals surface area contributed by atoms with Gasteiger partial charge in [0.2, 0.25) is 0 Å². The maximum atomic E-state index is 6.17. The fraction of sp³-hybridized carbons (Fsp3) is 0.692. The average Bonchev–Trinajstić information content (AvgIpc) is 2.72. The van der Waals surface area contributed by atoms with Gasteiger partial charge in [0.1, 0.15) is 0 Å². The molecule has 0 amide bonds. The van der Waals surface area contributed by atoms with E-state index in [0.29, 0.717) is 6.04 Å². The third kappa shape index (κ3) is 1.81. The van der Waals surface area contributed by atoms with Crippen molar-refractivity contribution in [3.8, 4) is 0 Å². The van der Waals surface area contributed by atoms with Crippen LogP contribution in [-0.4, -0.2) is 7.05 Å². The zero-order valence-corrected chi connectivity index (χ0v) is 11.4. The van der Waals surface area contributed by atoms with E-state index in [1.165, 1.54) is 29.7 Å². The minimum Gasteiger partial charge on any atom is -0.312 e. The van der Waals surface area contributed by atoms with Gasteiger partial charge in [-0.25, -0.2) is 0 Å². The van der Waals surface area contributed by atoms with Gasteiger partial charge in [-0.1, -0.05) is 11.6 Å². The number of rotatable bonds is 3. The third-order valence-electron chi connectivity index (χ3n) is 4.25. The van der Waals surface area contributed by atoms with Crippen molar-refractivity contribution in [3.05, 3.63) is 20.8 Å². The number of thiophene rings is 1. The van der Waals surface area contributed by atoms with Gasteiger partial charge in [0, 0.05) is 10.9 Å². The Labute approximate surface area is 106 Å². The first-order valence-electron chi connectivity index (χ1n) is 6.12. The van der Waals surface area contributed by atoms with E-state index >= 15 is 0 Å². The second-order valence-electron chi connectivity index (χ2n) is 5.36. The first-order valence-corrected chi connectivity index (χ1v) is 7.31. The zero-order valence-electron chi connectivity index (χ0n) is 9.79. The molecule has 2 saturated carbocycles. The molecule has 16 heavy (non-hydrogen) atoms. The molecule has 2 aliphatic rings. The van der Waals surface area contributed by atoms with E-state index in [1.54, 1.807) is 11.3 Å². The Kier molecular flexibility index (Phi) is 2.77. The molecule has 1 aromatic heterocycles. The molecule has 1 nitrogen and oxygen atoms in total. The molecule has 1 N–H and O–H groups in total. The number of hydrogen-bond acceptors (Lipinski definition) is 2. The third-order valence-corrected chi connectivity index (χ3v) is 5.88. The van der Waals surface area contributed by atoms with E-state index < -0.39 is 0 Å². The highest BCUT2D eigenvalue weighted by atomic mass is 35.5. The molecule has 0 bridgehead atoms. The molecule has 0 aliphatic heterocycles. The average molecular weight is 256 g/mol. The summed E-state index contributed by atoms with van der Waals surface area (Å²) in [6, 6.07) is 2.79. The number of fused-ring (bicyclic) bond motifs is 1. The molecule has 3 rings (SSSR count). The highest BCUT2D eigenvalue weighted by Crippen LogP contribution is 2.57. The van der Waals surface area contributed by atoms with Crippen LogP contribution in [0.3, 0.4) is 0 Å². The first kappa shape index (κ1) is 11.1. The van der Waals surface area contributed by atoms with Gasteiger partial charge in [0.25, 0.3) is 0 Å². The Morgan fingerprint density at radius 2 is 2.06 bits per heavy atom.